The van der Waals surface area contributed by atoms with Gasteiger partial charge in [-0.15, -0.1) is 11.3 Å². The van der Waals surface area contributed by atoms with Gasteiger partial charge >= 0.3 is 0 Å². The summed E-state index contributed by atoms with van der Waals surface area (Å²) < 4.78 is 10.8. The molecule has 4 rings (SSSR count). The number of rotatable bonds is 8. The molecular formula is C26H27N3O5S. The first-order valence-corrected chi connectivity index (χ1v) is 12.1. The molecular weight excluding hydrogens is 466 g/mol. The van der Waals surface area contributed by atoms with E-state index in [9.17, 15) is 14.4 Å². The average molecular weight is 494 g/mol. The van der Waals surface area contributed by atoms with Gasteiger partial charge in [-0.3, -0.25) is 14.4 Å². The fourth-order valence-corrected chi connectivity index (χ4v) is 5.24. The number of carbonyl (C=O) groups is 3. The predicted molar refractivity (Wildman–Crippen MR) is 136 cm³/mol. The number of fused-ring (bicyclic) bond motifs is 1. The Hall–Kier alpha value is -3.85. The first-order chi connectivity index (χ1) is 16.9. The zero-order valence-electron chi connectivity index (χ0n) is 19.6. The molecule has 9 heteroatoms. The van der Waals surface area contributed by atoms with E-state index in [2.05, 4.69) is 10.6 Å². The van der Waals surface area contributed by atoms with Crippen LogP contribution in [0.5, 0.6) is 11.5 Å². The summed E-state index contributed by atoms with van der Waals surface area (Å²) in [5.74, 6) is -0.0322. The number of benzene rings is 2. The molecule has 0 bridgehead atoms. The van der Waals surface area contributed by atoms with Crippen LogP contribution in [0.2, 0.25) is 0 Å². The third kappa shape index (κ3) is 5.63. The fraction of sp³-hybridized carbons (Fsp3) is 0.269. The van der Waals surface area contributed by atoms with Crippen LogP contribution in [0.4, 0.5) is 10.7 Å². The largest absolute Gasteiger partial charge is 0.497 e. The van der Waals surface area contributed by atoms with Gasteiger partial charge in [0.25, 0.3) is 17.7 Å². The number of nitrogens with two attached hydrogens (primary N) is 1. The molecule has 1 aliphatic rings. The number of primary amides is 1. The summed E-state index contributed by atoms with van der Waals surface area (Å²) in [4.78, 5) is 38.4. The van der Waals surface area contributed by atoms with E-state index in [0.717, 1.165) is 36.1 Å². The predicted octanol–water partition coefficient (Wildman–Crippen LogP) is 4.39. The third-order valence-corrected chi connectivity index (χ3v) is 7.01. The van der Waals surface area contributed by atoms with E-state index in [1.165, 1.54) is 11.3 Å². The molecule has 8 nitrogen and oxygen atoms in total. The molecule has 2 aromatic carbocycles. The smallest absolute Gasteiger partial charge is 0.265 e. The number of nitrogens with one attached hydrogen (secondary N) is 2. The van der Waals surface area contributed by atoms with E-state index < -0.39 is 12.0 Å². The molecule has 1 aromatic heterocycles. The maximum Gasteiger partial charge on any atom is 0.265 e. The monoisotopic (exact) mass is 493 g/mol. The summed E-state index contributed by atoms with van der Waals surface area (Å²) in [5.41, 5.74) is 8.03. The molecule has 3 amide bonds. The second-order valence-electron chi connectivity index (χ2n) is 8.24. The van der Waals surface area contributed by atoms with Gasteiger partial charge in [0.15, 0.2) is 6.10 Å². The molecule has 0 saturated heterocycles. The maximum atomic E-state index is 12.8. The lowest BCUT2D eigenvalue weighted by Crippen LogP contribution is -2.30. The van der Waals surface area contributed by atoms with Crippen molar-refractivity contribution < 1.29 is 23.9 Å². The standard InChI is InChI=1S/C26H27N3O5S/c1-15(24(31)28-17-9-13-18(33-2)14-10-17)34-19-11-7-16(8-12-19)25(32)29-26-22(23(27)30)20-5-3-4-6-21(20)35-26/h7-15H,3-6H2,1-2H3,(H2,27,30)(H,28,31)(H,29,32)/t15-/m0/s1. The van der Waals surface area contributed by atoms with Crippen LogP contribution < -0.4 is 25.8 Å². The van der Waals surface area contributed by atoms with Gasteiger partial charge in [0.05, 0.1) is 12.7 Å². The van der Waals surface area contributed by atoms with Crippen molar-refractivity contribution in [3.63, 3.8) is 0 Å². The van der Waals surface area contributed by atoms with Crippen molar-refractivity contribution >= 4 is 39.7 Å². The summed E-state index contributed by atoms with van der Waals surface area (Å²) in [6.07, 6.45) is 3.02. The zero-order valence-corrected chi connectivity index (χ0v) is 20.4. The van der Waals surface area contributed by atoms with Gasteiger partial charge in [-0.2, -0.15) is 0 Å². The van der Waals surface area contributed by atoms with Crippen LogP contribution in [-0.2, 0) is 17.6 Å². The Balaban J connectivity index is 1.38. The highest BCUT2D eigenvalue weighted by molar-refractivity contribution is 7.17. The Morgan fingerprint density at radius 3 is 2.26 bits per heavy atom. The van der Waals surface area contributed by atoms with Gasteiger partial charge in [0, 0.05) is 16.1 Å². The molecule has 1 atom stereocenters. The highest BCUT2D eigenvalue weighted by atomic mass is 32.1. The molecule has 0 unspecified atom stereocenters. The van der Waals surface area contributed by atoms with Crippen molar-refractivity contribution in [3.05, 3.63) is 70.1 Å². The molecule has 3 aromatic rings. The first kappa shape index (κ1) is 24.3. The molecule has 0 fully saturated rings. The SMILES string of the molecule is COc1ccc(NC(=O)[C@H](C)Oc2ccc(C(=O)Nc3sc4c(c3C(N)=O)CCCC4)cc2)cc1. The Kier molecular flexibility index (Phi) is 7.36. The number of amides is 3. The van der Waals surface area contributed by atoms with Gasteiger partial charge in [0.2, 0.25) is 0 Å². The number of anilines is 2. The van der Waals surface area contributed by atoms with Crippen LogP contribution in [0, 0.1) is 0 Å². The van der Waals surface area contributed by atoms with E-state index in [4.69, 9.17) is 15.2 Å². The molecule has 0 radical (unpaired) electrons. The highest BCUT2D eigenvalue weighted by Crippen LogP contribution is 2.38. The summed E-state index contributed by atoms with van der Waals surface area (Å²) in [7, 11) is 1.57. The molecule has 1 heterocycles. The normalized spacial score (nSPS) is 13.3. The molecule has 4 N–H and O–H groups in total. The van der Waals surface area contributed by atoms with E-state index >= 15 is 0 Å². The van der Waals surface area contributed by atoms with Crippen molar-refractivity contribution in [1.29, 1.82) is 0 Å². The van der Waals surface area contributed by atoms with E-state index in [-0.39, 0.29) is 11.8 Å². The molecule has 0 spiro atoms. The second-order valence-corrected chi connectivity index (χ2v) is 9.34. The number of hydrogen-bond donors (Lipinski definition) is 3. The number of ether oxygens (including phenoxy) is 2. The quantitative estimate of drug-likeness (QED) is 0.430. The Morgan fingerprint density at radius 2 is 1.60 bits per heavy atom. The average Bonchev–Trinajstić information content (AvgIpc) is 3.23. The minimum Gasteiger partial charge on any atom is -0.497 e. The van der Waals surface area contributed by atoms with Gasteiger partial charge in [-0.1, -0.05) is 0 Å². The van der Waals surface area contributed by atoms with Crippen molar-refractivity contribution in [2.45, 2.75) is 38.7 Å². The molecule has 0 aliphatic heterocycles. The van der Waals surface area contributed by atoms with Crippen molar-refractivity contribution in [2.75, 3.05) is 17.7 Å². The summed E-state index contributed by atoms with van der Waals surface area (Å²) in [5, 5.41) is 6.13. The van der Waals surface area contributed by atoms with Crippen LogP contribution in [0.1, 0.15) is 50.9 Å². The van der Waals surface area contributed by atoms with Crippen LogP contribution in [0.3, 0.4) is 0 Å². The lowest BCUT2D eigenvalue weighted by atomic mass is 9.95. The number of hydrogen-bond acceptors (Lipinski definition) is 6. The number of aryl methyl sites for hydroxylation is 1. The Morgan fingerprint density at radius 1 is 0.943 bits per heavy atom. The van der Waals surface area contributed by atoms with E-state index in [1.54, 1.807) is 62.6 Å². The van der Waals surface area contributed by atoms with Gasteiger partial charge < -0.3 is 25.8 Å². The Labute approximate surface area is 207 Å². The van der Waals surface area contributed by atoms with Crippen LogP contribution >= 0.6 is 11.3 Å². The van der Waals surface area contributed by atoms with Gasteiger partial charge in [-0.05, 0) is 86.7 Å². The van der Waals surface area contributed by atoms with Crippen molar-refractivity contribution in [1.82, 2.24) is 0 Å². The minimum absolute atomic E-state index is 0.308. The molecule has 1 aliphatic carbocycles. The van der Waals surface area contributed by atoms with Crippen molar-refractivity contribution in [3.8, 4) is 11.5 Å². The number of thiophene rings is 1. The lowest BCUT2D eigenvalue weighted by Gasteiger charge is -2.15. The van der Waals surface area contributed by atoms with Crippen molar-refractivity contribution in [2.24, 2.45) is 5.73 Å². The van der Waals surface area contributed by atoms with E-state index in [1.807, 2.05) is 0 Å². The van der Waals surface area contributed by atoms with Gasteiger partial charge in [0.1, 0.15) is 16.5 Å². The Bertz CT molecular complexity index is 1240. The summed E-state index contributed by atoms with van der Waals surface area (Å²) >= 11 is 1.42. The first-order valence-electron chi connectivity index (χ1n) is 11.3. The molecule has 182 valence electrons. The minimum atomic E-state index is -0.757. The second kappa shape index (κ2) is 10.6. The number of methoxy groups -OCH3 is 1. The van der Waals surface area contributed by atoms with Crippen LogP contribution in [-0.4, -0.2) is 30.9 Å². The fourth-order valence-electron chi connectivity index (χ4n) is 3.95. The molecule has 0 saturated carbocycles. The lowest BCUT2D eigenvalue weighted by molar-refractivity contribution is -0.122. The topological polar surface area (TPSA) is 120 Å². The van der Waals surface area contributed by atoms with Crippen LogP contribution in [0.25, 0.3) is 0 Å². The zero-order chi connectivity index (χ0) is 24.9. The molecule has 35 heavy (non-hydrogen) atoms. The van der Waals surface area contributed by atoms with E-state index in [0.29, 0.717) is 33.3 Å². The summed E-state index contributed by atoms with van der Waals surface area (Å²) in [6.45, 7) is 1.64. The van der Waals surface area contributed by atoms with Crippen LogP contribution in [0.15, 0.2) is 48.5 Å². The van der Waals surface area contributed by atoms with Gasteiger partial charge in [-0.25, -0.2) is 0 Å². The third-order valence-electron chi connectivity index (χ3n) is 5.80. The summed E-state index contributed by atoms with van der Waals surface area (Å²) in [6, 6.07) is 13.5. The number of carbonyl (C=O) groups excluding carboxylic acids is 3. The highest BCUT2D eigenvalue weighted by Gasteiger charge is 2.25. The maximum absolute atomic E-state index is 12.8.